The Labute approximate surface area is 209 Å². The van der Waals surface area contributed by atoms with E-state index in [1.54, 1.807) is 55.7 Å². The SMILES string of the molecule is COC(=O)c1ccc(NC(=O)CSc2nnc(NC(=O)/C=C/c3ccc(OC)c(OC)c3)s2)cc1. The summed E-state index contributed by atoms with van der Waals surface area (Å²) in [5.74, 6) is 0.177. The quantitative estimate of drug-likeness (QED) is 0.180. The number of ether oxygens (including phenoxy) is 3. The van der Waals surface area contributed by atoms with Crippen LogP contribution in [0.4, 0.5) is 10.8 Å². The molecule has 1 aromatic heterocycles. The predicted octanol–water partition coefficient (Wildman–Crippen LogP) is 3.72. The van der Waals surface area contributed by atoms with Gasteiger partial charge in [-0.1, -0.05) is 29.2 Å². The Morgan fingerprint density at radius 1 is 0.971 bits per heavy atom. The number of amides is 2. The second-order valence-electron chi connectivity index (χ2n) is 6.72. The maximum absolute atomic E-state index is 12.2. The van der Waals surface area contributed by atoms with Gasteiger partial charge in [0, 0.05) is 11.8 Å². The number of rotatable bonds is 10. The zero-order chi connectivity index (χ0) is 25.2. The summed E-state index contributed by atoms with van der Waals surface area (Å²) in [5.41, 5.74) is 1.70. The Morgan fingerprint density at radius 2 is 1.71 bits per heavy atom. The highest BCUT2D eigenvalue weighted by atomic mass is 32.2. The van der Waals surface area contributed by atoms with Crippen molar-refractivity contribution in [1.82, 2.24) is 10.2 Å². The van der Waals surface area contributed by atoms with E-state index in [2.05, 4.69) is 25.6 Å². The molecule has 0 unspecified atom stereocenters. The third-order valence-corrected chi connectivity index (χ3v) is 6.36. The Morgan fingerprint density at radius 3 is 2.40 bits per heavy atom. The molecule has 0 saturated heterocycles. The summed E-state index contributed by atoms with van der Waals surface area (Å²) < 4.78 is 15.6. The molecule has 2 amide bonds. The Kier molecular flexibility index (Phi) is 9.21. The lowest BCUT2D eigenvalue weighted by Gasteiger charge is -2.07. The molecular formula is C23H22N4O6S2. The molecule has 0 atom stereocenters. The molecule has 35 heavy (non-hydrogen) atoms. The number of esters is 1. The van der Waals surface area contributed by atoms with E-state index in [4.69, 9.17) is 9.47 Å². The minimum atomic E-state index is -0.450. The summed E-state index contributed by atoms with van der Waals surface area (Å²) >= 11 is 2.35. The van der Waals surface area contributed by atoms with Crippen LogP contribution in [0.15, 0.2) is 52.9 Å². The van der Waals surface area contributed by atoms with Crippen molar-refractivity contribution < 1.29 is 28.6 Å². The molecule has 0 aliphatic rings. The monoisotopic (exact) mass is 514 g/mol. The van der Waals surface area contributed by atoms with Crippen molar-refractivity contribution in [3.05, 3.63) is 59.7 Å². The molecule has 2 N–H and O–H groups in total. The van der Waals surface area contributed by atoms with E-state index in [1.807, 2.05) is 0 Å². The average Bonchev–Trinajstić information content (AvgIpc) is 3.33. The number of hydrogen-bond acceptors (Lipinski definition) is 10. The molecular weight excluding hydrogens is 492 g/mol. The number of nitrogens with zero attached hydrogens (tertiary/aromatic N) is 2. The lowest BCUT2D eigenvalue weighted by Crippen LogP contribution is -2.14. The summed E-state index contributed by atoms with van der Waals surface area (Å²) in [6, 6.07) is 11.6. The first-order valence-electron chi connectivity index (χ1n) is 10.1. The van der Waals surface area contributed by atoms with Gasteiger partial charge in [-0.2, -0.15) is 0 Å². The number of aromatic nitrogens is 2. The van der Waals surface area contributed by atoms with Crippen LogP contribution < -0.4 is 20.1 Å². The molecule has 0 bridgehead atoms. The number of benzene rings is 2. The van der Waals surface area contributed by atoms with Crippen molar-refractivity contribution in [1.29, 1.82) is 0 Å². The first-order chi connectivity index (χ1) is 16.9. The molecule has 0 aliphatic heterocycles. The zero-order valence-corrected chi connectivity index (χ0v) is 20.7. The lowest BCUT2D eigenvalue weighted by molar-refractivity contribution is -0.114. The van der Waals surface area contributed by atoms with E-state index in [0.717, 1.165) is 16.9 Å². The number of methoxy groups -OCH3 is 3. The van der Waals surface area contributed by atoms with Gasteiger partial charge in [-0.05, 0) is 48.0 Å². The first-order valence-corrected chi connectivity index (χ1v) is 11.9. The number of hydrogen-bond donors (Lipinski definition) is 2. The van der Waals surface area contributed by atoms with Crippen molar-refractivity contribution in [2.24, 2.45) is 0 Å². The fourth-order valence-electron chi connectivity index (χ4n) is 2.73. The molecule has 3 aromatic rings. The van der Waals surface area contributed by atoms with Gasteiger partial charge in [0.1, 0.15) is 0 Å². The van der Waals surface area contributed by atoms with E-state index in [-0.39, 0.29) is 17.6 Å². The molecule has 12 heteroatoms. The second kappa shape index (κ2) is 12.5. The van der Waals surface area contributed by atoms with Crippen LogP contribution in [0.1, 0.15) is 15.9 Å². The van der Waals surface area contributed by atoms with E-state index in [0.29, 0.717) is 32.2 Å². The Hall–Kier alpha value is -3.90. The number of anilines is 2. The molecule has 2 aromatic carbocycles. The highest BCUT2D eigenvalue weighted by Crippen LogP contribution is 2.28. The number of carbonyl (C=O) groups is 3. The van der Waals surface area contributed by atoms with E-state index in [9.17, 15) is 14.4 Å². The fraction of sp³-hybridized carbons (Fsp3) is 0.174. The molecule has 1 heterocycles. The molecule has 0 aliphatic carbocycles. The third kappa shape index (κ3) is 7.55. The average molecular weight is 515 g/mol. The van der Waals surface area contributed by atoms with Gasteiger partial charge in [-0.15, -0.1) is 10.2 Å². The number of thioether (sulfide) groups is 1. The maximum atomic E-state index is 12.2. The van der Waals surface area contributed by atoms with Gasteiger partial charge in [-0.3, -0.25) is 14.9 Å². The highest BCUT2D eigenvalue weighted by molar-refractivity contribution is 8.01. The number of nitrogens with one attached hydrogen (secondary N) is 2. The second-order valence-corrected chi connectivity index (χ2v) is 8.92. The molecule has 0 radical (unpaired) electrons. The van der Waals surface area contributed by atoms with Crippen LogP contribution in [0, 0.1) is 0 Å². The Balaban J connectivity index is 1.47. The summed E-state index contributed by atoms with van der Waals surface area (Å²) in [4.78, 5) is 35.9. The van der Waals surface area contributed by atoms with Crippen LogP contribution >= 0.6 is 23.1 Å². The smallest absolute Gasteiger partial charge is 0.337 e. The van der Waals surface area contributed by atoms with E-state index in [1.165, 1.54) is 32.1 Å². The van der Waals surface area contributed by atoms with Crippen molar-refractivity contribution in [3.63, 3.8) is 0 Å². The minimum absolute atomic E-state index is 0.0978. The summed E-state index contributed by atoms with van der Waals surface area (Å²) in [5, 5.41) is 13.6. The van der Waals surface area contributed by atoms with Gasteiger partial charge in [0.25, 0.3) is 0 Å². The van der Waals surface area contributed by atoms with Crippen molar-refractivity contribution in [2.75, 3.05) is 37.7 Å². The van der Waals surface area contributed by atoms with Crippen LogP contribution in [-0.2, 0) is 14.3 Å². The van der Waals surface area contributed by atoms with Crippen molar-refractivity contribution >= 4 is 57.8 Å². The summed E-state index contributed by atoms with van der Waals surface area (Å²) in [6.07, 6.45) is 3.00. The molecule has 0 fully saturated rings. The molecule has 182 valence electrons. The number of carbonyl (C=O) groups excluding carboxylic acids is 3. The largest absolute Gasteiger partial charge is 0.493 e. The van der Waals surface area contributed by atoms with Crippen LogP contribution in [0.25, 0.3) is 6.08 Å². The zero-order valence-electron chi connectivity index (χ0n) is 19.1. The maximum Gasteiger partial charge on any atom is 0.337 e. The predicted molar refractivity (Wildman–Crippen MR) is 134 cm³/mol. The van der Waals surface area contributed by atoms with E-state index < -0.39 is 5.97 Å². The first kappa shape index (κ1) is 25.7. The van der Waals surface area contributed by atoms with Gasteiger partial charge >= 0.3 is 5.97 Å². The standard InChI is InChI=1S/C23H22N4O6S2/c1-31-17-10-4-14(12-18(17)32-2)5-11-19(28)25-22-26-27-23(35-22)34-13-20(29)24-16-8-6-15(7-9-16)21(30)33-3/h4-12H,13H2,1-3H3,(H,24,29)(H,25,26,28)/b11-5+. The van der Waals surface area contributed by atoms with Gasteiger partial charge in [0.05, 0.1) is 32.6 Å². The molecule has 3 rings (SSSR count). The minimum Gasteiger partial charge on any atom is -0.493 e. The lowest BCUT2D eigenvalue weighted by atomic mass is 10.2. The highest BCUT2D eigenvalue weighted by Gasteiger charge is 2.11. The fourth-order valence-corrected chi connectivity index (χ4v) is 4.28. The van der Waals surface area contributed by atoms with E-state index >= 15 is 0 Å². The third-order valence-electron chi connectivity index (χ3n) is 4.39. The summed E-state index contributed by atoms with van der Waals surface area (Å²) in [7, 11) is 4.39. The summed E-state index contributed by atoms with van der Waals surface area (Å²) in [6.45, 7) is 0. The van der Waals surface area contributed by atoms with Gasteiger partial charge in [0.2, 0.25) is 16.9 Å². The van der Waals surface area contributed by atoms with Crippen molar-refractivity contribution in [3.8, 4) is 11.5 Å². The van der Waals surface area contributed by atoms with Crippen LogP contribution in [-0.4, -0.2) is 55.1 Å². The van der Waals surface area contributed by atoms with Gasteiger partial charge in [0.15, 0.2) is 15.8 Å². The molecule has 10 nitrogen and oxygen atoms in total. The molecule has 0 saturated carbocycles. The van der Waals surface area contributed by atoms with Gasteiger partial charge in [-0.25, -0.2) is 4.79 Å². The van der Waals surface area contributed by atoms with Crippen LogP contribution in [0.3, 0.4) is 0 Å². The van der Waals surface area contributed by atoms with Crippen molar-refractivity contribution in [2.45, 2.75) is 4.34 Å². The van der Waals surface area contributed by atoms with Gasteiger partial charge < -0.3 is 19.5 Å². The van der Waals surface area contributed by atoms with Crippen LogP contribution in [0.2, 0.25) is 0 Å². The molecule has 0 spiro atoms. The van der Waals surface area contributed by atoms with Crippen LogP contribution in [0.5, 0.6) is 11.5 Å². The Bertz CT molecular complexity index is 1230. The normalized spacial score (nSPS) is 10.6. The topological polar surface area (TPSA) is 129 Å².